The molecule has 24 heavy (non-hydrogen) atoms. The number of halogens is 1. The Kier molecular flexibility index (Phi) is 6.42. The number of methoxy groups -OCH3 is 1. The number of hydrogen-bond acceptors (Lipinski definition) is 4. The van der Waals surface area contributed by atoms with Gasteiger partial charge in [0, 0.05) is 6.42 Å². The molecule has 0 unspecified atom stereocenters. The molecule has 2 aromatic rings. The normalized spacial score (nSPS) is 10.2. The fourth-order valence-electron chi connectivity index (χ4n) is 2.16. The molecule has 5 nitrogen and oxygen atoms in total. The van der Waals surface area contributed by atoms with E-state index in [0.29, 0.717) is 23.7 Å². The van der Waals surface area contributed by atoms with Crippen LogP contribution in [0.25, 0.3) is 0 Å². The van der Waals surface area contributed by atoms with Crippen molar-refractivity contribution in [3.05, 3.63) is 53.8 Å². The molecule has 0 spiro atoms. The van der Waals surface area contributed by atoms with E-state index in [9.17, 15) is 9.18 Å². The van der Waals surface area contributed by atoms with Gasteiger partial charge < -0.3 is 19.3 Å². The monoisotopic (exact) mass is 334 g/mol. The van der Waals surface area contributed by atoms with E-state index >= 15 is 0 Å². The van der Waals surface area contributed by atoms with Crippen LogP contribution >= 0.6 is 0 Å². The average molecular weight is 334 g/mol. The van der Waals surface area contributed by atoms with Crippen molar-refractivity contribution < 1.29 is 28.5 Å². The van der Waals surface area contributed by atoms with Gasteiger partial charge in [-0.15, -0.1) is 0 Å². The number of rotatable bonds is 9. The highest BCUT2D eigenvalue weighted by Crippen LogP contribution is 2.31. The first-order valence-corrected chi connectivity index (χ1v) is 7.49. The fourth-order valence-corrected chi connectivity index (χ4v) is 2.16. The van der Waals surface area contributed by atoms with Crippen molar-refractivity contribution in [1.82, 2.24) is 0 Å². The minimum Gasteiger partial charge on any atom is -0.493 e. The van der Waals surface area contributed by atoms with Gasteiger partial charge in [-0.1, -0.05) is 12.1 Å². The van der Waals surface area contributed by atoms with E-state index in [-0.39, 0.29) is 25.5 Å². The lowest BCUT2D eigenvalue weighted by Gasteiger charge is -2.15. The molecule has 2 aromatic carbocycles. The van der Waals surface area contributed by atoms with Crippen molar-refractivity contribution in [3.63, 3.8) is 0 Å². The van der Waals surface area contributed by atoms with E-state index < -0.39 is 5.97 Å². The molecule has 0 heterocycles. The second kappa shape index (κ2) is 8.76. The summed E-state index contributed by atoms with van der Waals surface area (Å²) in [4.78, 5) is 10.8. The lowest BCUT2D eigenvalue weighted by molar-refractivity contribution is -0.136. The summed E-state index contributed by atoms with van der Waals surface area (Å²) < 4.78 is 29.3. The Morgan fingerprint density at radius 1 is 1.08 bits per heavy atom. The van der Waals surface area contributed by atoms with Crippen molar-refractivity contribution in [2.45, 2.75) is 12.8 Å². The number of hydrogen-bond donors (Lipinski definition) is 1. The number of aliphatic carboxylic acids is 1. The van der Waals surface area contributed by atoms with Crippen LogP contribution in [-0.4, -0.2) is 31.4 Å². The molecule has 0 saturated heterocycles. The largest absolute Gasteiger partial charge is 0.493 e. The molecule has 0 radical (unpaired) electrons. The number of carboxylic acid groups (broad SMARTS) is 1. The Bertz CT molecular complexity index is 670. The Labute approximate surface area is 139 Å². The number of benzene rings is 2. The zero-order valence-corrected chi connectivity index (χ0v) is 13.3. The van der Waals surface area contributed by atoms with Gasteiger partial charge in [-0.3, -0.25) is 4.79 Å². The third kappa shape index (κ3) is 5.15. The van der Waals surface area contributed by atoms with Gasteiger partial charge in [-0.25, -0.2) is 4.39 Å². The molecule has 0 aliphatic carbocycles. The first kappa shape index (κ1) is 17.6. The van der Waals surface area contributed by atoms with Gasteiger partial charge in [-0.05, 0) is 42.3 Å². The predicted octanol–water partition coefficient (Wildman–Crippen LogP) is 3.31. The summed E-state index contributed by atoms with van der Waals surface area (Å²) in [5, 5.41) is 8.83. The number of carbonyl (C=O) groups is 1. The van der Waals surface area contributed by atoms with Gasteiger partial charge in [0.2, 0.25) is 0 Å². The molecule has 0 aliphatic heterocycles. The second-order valence-electron chi connectivity index (χ2n) is 4.99. The quantitative estimate of drug-likeness (QED) is 0.713. The summed E-state index contributed by atoms with van der Waals surface area (Å²) in [5.41, 5.74) is 0.763. The summed E-state index contributed by atoms with van der Waals surface area (Å²) in [6, 6.07) is 11.1. The van der Waals surface area contributed by atoms with Crippen LogP contribution < -0.4 is 14.2 Å². The van der Waals surface area contributed by atoms with Crippen LogP contribution in [0, 0.1) is 5.82 Å². The third-order valence-electron chi connectivity index (χ3n) is 3.30. The van der Waals surface area contributed by atoms with E-state index in [1.165, 1.54) is 31.4 Å². The van der Waals surface area contributed by atoms with Crippen molar-refractivity contribution in [1.29, 1.82) is 0 Å². The lowest BCUT2D eigenvalue weighted by Crippen LogP contribution is -2.11. The molecule has 0 aromatic heterocycles. The average Bonchev–Trinajstić information content (AvgIpc) is 2.58. The van der Waals surface area contributed by atoms with Gasteiger partial charge in [-0.2, -0.15) is 0 Å². The van der Waals surface area contributed by atoms with Gasteiger partial charge in [0.15, 0.2) is 11.5 Å². The molecular formula is C18H19FO5. The third-order valence-corrected chi connectivity index (χ3v) is 3.30. The summed E-state index contributed by atoms with van der Waals surface area (Å²) in [6.07, 6.45) is 0.357. The molecule has 0 saturated carbocycles. The number of para-hydroxylation sites is 1. The van der Waals surface area contributed by atoms with Crippen molar-refractivity contribution in [2.24, 2.45) is 0 Å². The molecule has 0 aliphatic rings. The molecule has 0 amide bonds. The predicted molar refractivity (Wildman–Crippen MR) is 86.3 cm³/mol. The number of aryl methyl sites for hydroxylation is 1. The highest BCUT2D eigenvalue weighted by atomic mass is 19.1. The van der Waals surface area contributed by atoms with Gasteiger partial charge in [0.05, 0.1) is 7.11 Å². The van der Waals surface area contributed by atoms with Crippen LogP contribution in [0.2, 0.25) is 0 Å². The van der Waals surface area contributed by atoms with Crippen LogP contribution in [0.3, 0.4) is 0 Å². The molecule has 6 heteroatoms. The van der Waals surface area contributed by atoms with E-state index in [1.807, 2.05) is 6.07 Å². The van der Waals surface area contributed by atoms with Crippen molar-refractivity contribution >= 4 is 5.97 Å². The smallest absolute Gasteiger partial charge is 0.303 e. The van der Waals surface area contributed by atoms with Crippen molar-refractivity contribution in [2.75, 3.05) is 20.3 Å². The highest BCUT2D eigenvalue weighted by Gasteiger charge is 2.12. The first-order chi connectivity index (χ1) is 11.6. The number of ether oxygens (including phenoxy) is 3. The molecule has 0 bridgehead atoms. The van der Waals surface area contributed by atoms with E-state index in [2.05, 4.69) is 0 Å². The van der Waals surface area contributed by atoms with Gasteiger partial charge >= 0.3 is 5.97 Å². The van der Waals surface area contributed by atoms with Crippen molar-refractivity contribution in [3.8, 4) is 17.2 Å². The van der Waals surface area contributed by atoms with Gasteiger partial charge in [0.1, 0.15) is 24.8 Å². The Hall–Kier alpha value is -2.76. The maximum atomic E-state index is 12.8. The summed E-state index contributed by atoms with van der Waals surface area (Å²) >= 11 is 0. The van der Waals surface area contributed by atoms with Crippen LogP contribution in [-0.2, 0) is 11.2 Å². The van der Waals surface area contributed by atoms with Crippen LogP contribution in [0.4, 0.5) is 4.39 Å². The molecular weight excluding hydrogens is 315 g/mol. The zero-order valence-electron chi connectivity index (χ0n) is 13.3. The molecule has 0 atom stereocenters. The SMILES string of the molecule is COc1cccc(CCC(=O)O)c1OCCOc1ccc(F)cc1. The van der Waals surface area contributed by atoms with E-state index in [1.54, 1.807) is 12.1 Å². The topological polar surface area (TPSA) is 65.0 Å². The summed E-state index contributed by atoms with van der Waals surface area (Å²) in [6.45, 7) is 0.514. The van der Waals surface area contributed by atoms with Crippen LogP contribution in [0.1, 0.15) is 12.0 Å². The van der Waals surface area contributed by atoms with Crippen LogP contribution in [0.15, 0.2) is 42.5 Å². The summed E-state index contributed by atoms with van der Waals surface area (Å²) in [5.74, 6) is 0.411. The summed E-state index contributed by atoms with van der Waals surface area (Å²) in [7, 11) is 1.53. The maximum Gasteiger partial charge on any atom is 0.303 e. The standard InChI is InChI=1S/C18H19FO5/c1-22-16-4-2-3-13(5-10-17(20)21)18(16)24-12-11-23-15-8-6-14(19)7-9-15/h2-4,6-9H,5,10-12H2,1H3,(H,20,21). The zero-order chi connectivity index (χ0) is 17.4. The Balaban J connectivity index is 1.94. The van der Waals surface area contributed by atoms with Gasteiger partial charge in [0.25, 0.3) is 0 Å². The number of carboxylic acids is 1. The Morgan fingerprint density at radius 2 is 1.79 bits per heavy atom. The second-order valence-corrected chi connectivity index (χ2v) is 4.99. The lowest BCUT2D eigenvalue weighted by atomic mass is 10.1. The van der Waals surface area contributed by atoms with E-state index in [0.717, 1.165) is 5.56 Å². The highest BCUT2D eigenvalue weighted by molar-refractivity contribution is 5.67. The molecule has 0 fully saturated rings. The molecule has 1 N–H and O–H groups in total. The van der Waals surface area contributed by atoms with E-state index in [4.69, 9.17) is 19.3 Å². The fraction of sp³-hybridized carbons (Fsp3) is 0.278. The van der Waals surface area contributed by atoms with Crippen LogP contribution in [0.5, 0.6) is 17.2 Å². The first-order valence-electron chi connectivity index (χ1n) is 7.49. The minimum absolute atomic E-state index is 0.00953. The Morgan fingerprint density at radius 3 is 2.46 bits per heavy atom. The maximum absolute atomic E-state index is 12.8. The molecule has 128 valence electrons. The minimum atomic E-state index is -0.872. The molecule has 2 rings (SSSR count).